The molecule has 2 heterocycles. The van der Waals surface area contributed by atoms with Gasteiger partial charge in [0.25, 0.3) is 0 Å². The first-order valence-electron chi connectivity index (χ1n) is 6.31. The van der Waals surface area contributed by atoms with Gasteiger partial charge in [-0.05, 0) is 29.9 Å². The van der Waals surface area contributed by atoms with Crippen LogP contribution in [0.3, 0.4) is 0 Å². The summed E-state index contributed by atoms with van der Waals surface area (Å²) in [6.07, 6.45) is 2.45. The van der Waals surface area contributed by atoms with E-state index >= 15 is 0 Å². The van der Waals surface area contributed by atoms with Crippen LogP contribution in [0.25, 0.3) is 0 Å². The summed E-state index contributed by atoms with van der Waals surface area (Å²) in [5.74, 6) is 0. The number of hydrogen-bond donors (Lipinski definition) is 2. The quantitative estimate of drug-likeness (QED) is 0.814. The minimum absolute atomic E-state index is 0.236. The van der Waals surface area contributed by atoms with E-state index in [0.717, 1.165) is 17.8 Å². The molecule has 0 aliphatic heterocycles. The summed E-state index contributed by atoms with van der Waals surface area (Å²) in [4.78, 5) is 4.06. The number of rotatable bonds is 7. The Bertz CT molecular complexity index is 660. The van der Waals surface area contributed by atoms with Crippen LogP contribution < -0.4 is 10.0 Å². The molecular formula is C12H15N3O2S3. The van der Waals surface area contributed by atoms with Crippen LogP contribution in [0.4, 0.5) is 0 Å². The molecule has 1 fully saturated rings. The second-order valence-corrected chi connectivity index (χ2v) is 8.36. The second kappa shape index (κ2) is 5.90. The van der Waals surface area contributed by atoms with Crippen molar-refractivity contribution in [3.63, 3.8) is 0 Å². The molecule has 0 aromatic carbocycles. The van der Waals surface area contributed by atoms with Gasteiger partial charge in [-0.2, -0.15) is 0 Å². The number of hydrogen-bond acceptors (Lipinski definition) is 6. The number of thiazole rings is 1. The van der Waals surface area contributed by atoms with Gasteiger partial charge in [0, 0.05) is 18.0 Å². The van der Waals surface area contributed by atoms with E-state index in [4.69, 9.17) is 0 Å². The summed E-state index contributed by atoms with van der Waals surface area (Å²) < 4.78 is 27.2. The molecule has 3 rings (SSSR count). The van der Waals surface area contributed by atoms with E-state index in [1.54, 1.807) is 11.6 Å². The van der Waals surface area contributed by atoms with Crippen molar-refractivity contribution in [3.8, 4) is 0 Å². The zero-order chi connectivity index (χ0) is 14.0. The maximum absolute atomic E-state index is 12.1. The molecule has 20 heavy (non-hydrogen) atoms. The molecule has 5 nitrogen and oxygen atoms in total. The van der Waals surface area contributed by atoms with Gasteiger partial charge in [-0.3, -0.25) is 0 Å². The summed E-state index contributed by atoms with van der Waals surface area (Å²) >= 11 is 2.71. The van der Waals surface area contributed by atoms with E-state index in [1.165, 1.54) is 35.5 Å². The Kier molecular flexibility index (Phi) is 4.18. The first kappa shape index (κ1) is 14.2. The third kappa shape index (κ3) is 3.64. The van der Waals surface area contributed by atoms with Gasteiger partial charge in [-0.15, -0.1) is 22.7 Å². The van der Waals surface area contributed by atoms with Crippen molar-refractivity contribution in [2.45, 2.75) is 36.2 Å². The monoisotopic (exact) mass is 329 g/mol. The standard InChI is InChI=1S/C12H15N3O2S3/c16-20(17,15-5-11-7-18-8-14-11)12-3-9(6-19-12)4-13-10-1-2-10/h3,6-8,10,13,15H,1-2,4-5H2. The molecule has 0 spiro atoms. The van der Waals surface area contributed by atoms with Gasteiger partial charge in [0.2, 0.25) is 10.0 Å². The van der Waals surface area contributed by atoms with E-state index in [0.29, 0.717) is 10.3 Å². The lowest BCUT2D eigenvalue weighted by atomic mass is 10.3. The zero-order valence-corrected chi connectivity index (χ0v) is 13.2. The van der Waals surface area contributed by atoms with E-state index in [-0.39, 0.29) is 6.54 Å². The van der Waals surface area contributed by atoms with Gasteiger partial charge in [0.1, 0.15) is 4.21 Å². The molecule has 108 valence electrons. The molecule has 0 unspecified atom stereocenters. The van der Waals surface area contributed by atoms with Crippen LogP contribution in [0.2, 0.25) is 0 Å². The number of nitrogens with one attached hydrogen (secondary N) is 2. The van der Waals surface area contributed by atoms with Crippen molar-refractivity contribution in [1.82, 2.24) is 15.0 Å². The zero-order valence-electron chi connectivity index (χ0n) is 10.7. The van der Waals surface area contributed by atoms with Gasteiger partial charge in [0.05, 0.1) is 17.7 Å². The lowest BCUT2D eigenvalue weighted by molar-refractivity contribution is 0.582. The van der Waals surface area contributed by atoms with Gasteiger partial charge in [-0.25, -0.2) is 18.1 Å². The number of thiophene rings is 1. The van der Waals surface area contributed by atoms with E-state index in [9.17, 15) is 8.42 Å². The largest absolute Gasteiger partial charge is 0.310 e. The molecule has 0 radical (unpaired) electrons. The Balaban J connectivity index is 1.61. The molecule has 0 saturated heterocycles. The maximum atomic E-state index is 12.1. The normalized spacial score (nSPS) is 15.6. The Hall–Kier alpha value is -0.800. The van der Waals surface area contributed by atoms with Crippen LogP contribution in [0.15, 0.2) is 26.5 Å². The molecule has 1 aliphatic rings. The predicted octanol–water partition coefficient (Wildman–Crippen LogP) is 1.94. The Morgan fingerprint density at radius 3 is 2.85 bits per heavy atom. The topological polar surface area (TPSA) is 71.1 Å². The molecule has 0 amide bonds. The van der Waals surface area contributed by atoms with E-state index < -0.39 is 10.0 Å². The molecule has 0 bridgehead atoms. The summed E-state index contributed by atoms with van der Waals surface area (Å²) in [5, 5.41) is 7.11. The lowest BCUT2D eigenvalue weighted by Crippen LogP contribution is -2.22. The minimum atomic E-state index is -3.43. The molecule has 0 atom stereocenters. The van der Waals surface area contributed by atoms with Crippen LogP contribution in [0.5, 0.6) is 0 Å². The Morgan fingerprint density at radius 1 is 1.30 bits per heavy atom. The van der Waals surface area contributed by atoms with Crippen molar-refractivity contribution < 1.29 is 8.42 Å². The lowest BCUT2D eigenvalue weighted by Gasteiger charge is -2.02. The second-order valence-electron chi connectivity index (χ2n) is 4.73. The van der Waals surface area contributed by atoms with Crippen LogP contribution in [-0.2, 0) is 23.1 Å². The number of nitrogens with zero attached hydrogens (tertiary/aromatic N) is 1. The van der Waals surface area contributed by atoms with Crippen molar-refractivity contribution >= 4 is 32.7 Å². The molecular weight excluding hydrogens is 314 g/mol. The molecule has 2 aromatic heterocycles. The maximum Gasteiger partial charge on any atom is 0.250 e. The average molecular weight is 329 g/mol. The van der Waals surface area contributed by atoms with Crippen molar-refractivity contribution in [2.75, 3.05) is 0 Å². The smallest absolute Gasteiger partial charge is 0.250 e. The van der Waals surface area contributed by atoms with Crippen LogP contribution in [0.1, 0.15) is 24.1 Å². The third-order valence-corrected chi connectivity index (χ3v) is 6.52. The highest BCUT2D eigenvalue weighted by Gasteiger charge is 2.21. The first-order chi connectivity index (χ1) is 9.63. The molecule has 1 aliphatic carbocycles. The van der Waals surface area contributed by atoms with Gasteiger partial charge >= 0.3 is 0 Å². The van der Waals surface area contributed by atoms with E-state index in [1.807, 2.05) is 10.8 Å². The SMILES string of the molecule is O=S(=O)(NCc1cscn1)c1cc(CNC2CC2)cs1. The first-order valence-corrected chi connectivity index (χ1v) is 9.61. The average Bonchev–Trinajstić information content (AvgIpc) is 2.94. The van der Waals surface area contributed by atoms with Gasteiger partial charge in [-0.1, -0.05) is 0 Å². The third-order valence-electron chi connectivity index (χ3n) is 2.99. The summed E-state index contributed by atoms with van der Waals surface area (Å²) in [6, 6.07) is 2.36. The Labute approximate surface area is 126 Å². The van der Waals surface area contributed by atoms with Crippen LogP contribution in [-0.4, -0.2) is 19.4 Å². The molecule has 2 aromatic rings. The van der Waals surface area contributed by atoms with Gasteiger partial charge < -0.3 is 5.32 Å². The fourth-order valence-corrected chi connectivity index (χ4v) is 4.51. The Morgan fingerprint density at radius 2 is 2.15 bits per heavy atom. The van der Waals surface area contributed by atoms with Crippen molar-refractivity contribution in [2.24, 2.45) is 0 Å². The highest BCUT2D eigenvalue weighted by atomic mass is 32.2. The predicted molar refractivity (Wildman–Crippen MR) is 80.3 cm³/mol. The van der Waals surface area contributed by atoms with E-state index in [2.05, 4.69) is 15.0 Å². The summed E-state index contributed by atoms with van der Waals surface area (Å²) in [6.45, 7) is 0.974. The number of sulfonamides is 1. The highest BCUT2D eigenvalue weighted by molar-refractivity contribution is 7.91. The van der Waals surface area contributed by atoms with Crippen molar-refractivity contribution in [1.29, 1.82) is 0 Å². The summed E-state index contributed by atoms with van der Waals surface area (Å²) in [5.41, 5.74) is 3.46. The summed E-state index contributed by atoms with van der Waals surface area (Å²) in [7, 11) is -3.43. The molecule has 1 saturated carbocycles. The van der Waals surface area contributed by atoms with Crippen molar-refractivity contribution in [3.05, 3.63) is 33.6 Å². The fourth-order valence-electron chi connectivity index (χ4n) is 1.70. The fraction of sp³-hybridized carbons (Fsp3) is 0.417. The molecule has 2 N–H and O–H groups in total. The molecule has 8 heteroatoms. The highest BCUT2D eigenvalue weighted by Crippen LogP contribution is 2.23. The number of aromatic nitrogens is 1. The van der Waals surface area contributed by atoms with Gasteiger partial charge in [0.15, 0.2) is 0 Å². The minimum Gasteiger partial charge on any atom is -0.310 e. The van der Waals surface area contributed by atoms with Crippen LogP contribution in [0, 0.1) is 0 Å². The van der Waals surface area contributed by atoms with Crippen LogP contribution >= 0.6 is 22.7 Å².